The van der Waals surface area contributed by atoms with E-state index in [-0.39, 0.29) is 29.8 Å². The molecule has 0 bridgehead atoms. The van der Waals surface area contributed by atoms with E-state index in [9.17, 15) is 18.8 Å². The molecule has 1 aliphatic rings. The fourth-order valence-electron chi connectivity index (χ4n) is 3.57. The summed E-state index contributed by atoms with van der Waals surface area (Å²) >= 11 is 0. The van der Waals surface area contributed by atoms with Gasteiger partial charge >= 0.3 is 5.69 Å². The lowest BCUT2D eigenvalue weighted by molar-refractivity contribution is -0.121. The summed E-state index contributed by atoms with van der Waals surface area (Å²) in [6, 6.07) is 6.49. The van der Waals surface area contributed by atoms with Crippen LogP contribution in [0.25, 0.3) is 0 Å². The molecule has 1 aliphatic carbocycles. The average molecular weight is 359 g/mol. The maximum atomic E-state index is 13.0. The van der Waals surface area contributed by atoms with E-state index in [1.54, 1.807) is 12.1 Å². The first-order valence-corrected chi connectivity index (χ1v) is 8.75. The number of halogens is 1. The number of benzene rings is 1. The number of H-pyrrole nitrogens is 1. The van der Waals surface area contributed by atoms with Crippen LogP contribution in [0.5, 0.6) is 0 Å². The highest BCUT2D eigenvalue weighted by Crippen LogP contribution is 2.29. The van der Waals surface area contributed by atoms with Crippen LogP contribution in [0.3, 0.4) is 0 Å². The third-order valence-corrected chi connectivity index (χ3v) is 5.02. The SMILES string of the molecule is Cn1c(=O)[nH]cc(CC(=O)N[C@@H]2CCC[C@@H]2Cc2ccc(F)cc2)c1=O. The molecule has 0 saturated heterocycles. The number of carbonyl (C=O) groups is 1. The molecule has 2 atom stereocenters. The van der Waals surface area contributed by atoms with Crippen molar-refractivity contribution in [1.29, 1.82) is 0 Å². The first-order valence-electron chi connectivity index (χ1n) is 8.75. The van der Waals surface area contributed by atoms with Crippen LogP contribution >= 0.6 is 0 Å². The van der Waals surface area contributed by atoms with E-state index in [2.05, 4.69) is 10.3 Å². The summed E-state index contributed by atoms with van der Waals surface area (Å²) in [5.74, 6) is -0.194. The van der Waals surface area contributed by atoms with Crippen LogP contribution in [0.4, 0.5) is 4.39 Å². The molecule has 0 spiro atoms. The fourth-order valence-corrected chi connectivity index (χ4v) is 3.57. The van der Waals surface area contributed by atoms with Gasteiger partial charge in [-0.15, -0.1) is 0 Å². The van der Waals surface area contributed by atoms with Gasteiger partial charge in [-0.3, -0.25) is 14.2 Å². The highest BCUT2D eigenvalue weighted by Gasteiger charge is 2.28. The lowest BCUT2D eigenvalue weighted by Crippen LogP contribution is -2.41. The van der Waals surface area contributed by atoms with Crippen LogP contribution in [0.15, 0.2) is 40.1 Å². The van der Waals surface area contributed by atoms with Crippen molar-refractivity contribution in [1.82, 2.24) is 14.9 Å². The van der Waals surface area contributed by atoms with Gasteiger partial charge in [0.05, 0.1) is 6.42 Å². The number of hydrogen-bond donors (Lipinski definition) is 2. The predicted octanol–water partition coefficient (Wildman–Crippen LogP) is 1.28. The van der Waals surface area contributed by atoms with Crippen molar-refractivity contribution in [3.05, 3.63) is 68.2 Å². The summed E-state index contributed by atoms with van der Waals surface area (Å²) in [6.45, 7) is 0. The normalized spacial score (nSPS) is 19.5. The Morgan fingerprint density at radius 3 is 2.73 bits per heavy atom. The van der Waals surface area contributed by atoms with Crippen LogP contribution in [0, 0.1) is 11.7 Å². The minimum absolute atomic E-state index is 0.0409. The number of rotatable bonds is 5. The Kier molecular flexibility index (Phi) is 5.35. The Morgan fingerprint density at radius 1 is 1.27 bits per heavy atom. The Balaban J connectivity index is 1.63. The molecular weight excluding hydrogens is 337 g/mol. The predicted molar refractivity (Wildman–Crippen MR) is 95.4 cm³/mol. The zero-order valence-corrected chi connectivity index (χ0v) is 14.6. The van der Waals surface area contributed by atoms with Crippen molar-refractivity contribution in [2.45, 2.75) is 38.1 Å². The standard InChI is InChI=1S/C19H22FN3O3/c1-23-18(25)14(11-21-19(23)26)10-17(24)22-16-4-2-3-13(16)9-12-5-7-15(20)8-6-12/h5-8,11,13,16H,2-4,9-10H2,1H3,(H,21,26)(H,22,24)/t13-,16-/m1/s1. The zero-order valence-electron chi connectivity index (χ0n) is 14.6. The van der Waals surface area contributed by atoms with Crippen molar-refractivity contribution >= 4 is 5.91 Å². The van der Waals surface area contributed by atoms with Crippen LogP contribution < -0.4 is 16.6 Å². The highest BCUT2D eigenvalue weighted by atomic mass is 19.1. The molecule has 6 nitrogen and oxygen atoms in total. The summed E-state index contributed by atoms with van der Waals surface area (Å²) < 4.78 is 14.0. The molecule has 1 aromatic carbocycles. The lowest BCUT2D eigenvalue weighted by atomic mass is 9.94. The van der Waals surface area contributed by atoms with Gasteiger partial charge in [0.1, 0.15) is 5.82 Å². The molecule has 7 heteroatoms. The maximum absolute atomic E-state index is 13.0. The molecule has 1 amide bonds. The van der Waals surface area contributed by atoms with E-state index >= 15 is 0 Å². The Hall–Kier alpha value is -2.70. The fraction of sp³-hybridized carbons (Fsp3) is 0.421. The Bertz CT molecular complexity index is 901. The summed E-state index contributed by atoms with van der Waals surface area (Å²) in [6.07, 6.45) is 4.94. The first-order chi connectivity index (χ1) is 12.4. The second kappa shape index (κ2) is 7.68. The van der Waals surface area contributed by atoms with E-state index in [1.165, 1.54) is 25.4 Å². The lowest BCUT2D eigenvalue weighted by Gasteiger charge is -2.21. The van der Waals surface area contributed by atoms with Gasteiger partial charge in [0, 0.05) is 24.8 Å². The molecule has 0 aliphatic heterocycles. The van der Waals surface area contributed by atoms with E-state index in [0.29, 0.717) is 5.92 Å². The van der Waals surface area contributed by atoms with Crippen molar-refractivity contribution < 1.29 is 9.18 Å². The smallest absolute Gasteiger partial charge is 0.328 e. The van der Waals surface area contributed by atoms with Gasteiger partial charge in [0.25, 0.3) is 5.56 Å². The third kappa shape index (κ3) is 4.09. The van der Waals surface area contributed by atoms with Gasteiger partial charge in [-0.2, -0.15) is 0 Å². The minimum atomic E-state index is -0.505. The van der Waals surface area contributed by atoms with Gasteiger partial charge < -0.3 is 10.3 Å². The largest absolute Gasteiger partial charge is 0.353 e. The summed E-state index contributed by atoms with van der Waals surface area (Å²) in [4.78, 5) is 38.2. The van der Waals surface area contributed by atoms with Crippen molar-refractivity contribution in [2.24, 2.45) is 13.0 Å². The van der Waals surface area contributed by atoms with E-state index in [1.807, 2.05) is 0 Å². The van der Waals surface area contributed by atoms with Crippen LogP contribution in [0.1, 0.15) is 30.4 Å². The molecule has 0 unspecified atom stereocenters. The molecule has 0 radical (unpaired) electrons. The third-order valence-electron chi connectivity index (χ3n) is 5.02. The number of aromatic nitrogens is 2. The van der Waals surface area contributed by atoms with Gasteiger partial charge in [-0.05, 0) is 42.9 Å². The van der Waals surface area contributed by atoms with Crippen molar-refractivity contribution in [3.63, 3.8) is 0 Å². The van der Waals surface area contributed by atoms with E-state index in [4.69, 9.17) is 0 Å². The van der Waals surface area contributed by atoms with E-state index in [0.717, 1.165) is 35.8 Å². The van der Waals surface area contributed by atoms with Gasteiger partial charge in [-0.1, -0.05) is 18.6 Å². The van der Waals surface area contributed by atoms with Crippen LogP contribution in [0.2, 0.25) is 0 Å². The van der Waals surface area contributed by atoms with E-state index < -0.39 is 11.2 Å². The molecule has 26 heavy (non-hydrogen) atoms. The second-order valence-electron chi connectivity index (χ2n) is 6.86. The number of nitrogens with one attached hydrogen (secondary N) is 2. The summed E-state index contributed by atoms with van der Waals surface area (Å²) in [5.41, 5.74) is 0.345. The summed E-state index contributed by atoms with van der Waals surface area (Å²) in [7, 11) is 1.37. The zero-order chi connectivity index (χ0) is 18.7. The van der Waals surface area contributed by atoms with Gasteiger partial charge in [0.2, 0.25) is 5.91 Å². The molecule has 1 saturated carbocycles. The number of amides is 1. The maximum Gasteiger partial charge on any atom is 0.328 e. The van der Waals surface area contributed by atoms with Gasteiger partial charge in [0.15, 0.2) is 0 Å². The van der Waals surface area contributed by atoms with Crippen molar-refractivity contribution in [3.8, 4) is 0 Å². The first kappa shape index (κ1) is 18.1. The Morgan fingerprint density at radius 2 is 2.00 bits per heavy atom. The van der Waals surface area contributed by atoms with Crippen LogP contribution in [-0.2, 0) is 24.7 Å². The number of hydrogen-bond acceptors (Lipinski definition) is 3. The quantitative estimate of drug-likeness (QED) is 0.844. The molecule has 1 fully saturated rings. The molecule has 2 N–H and O–H groups in total. The molecular formula is C19H22FN3O3. The molecule has 1 heterocycles. The minimum Gasteiger partial charge on any atom is -0.353 e. The molecule has 3 rings (SSSR count). The van der Waals surface area contributed by atoms with Crippen molar-refractivity contribution in [2.75, 3.05) is 0 Å². The number of nitrogens with zero attached hydrogens (tertiary/aromatic N) is 1. The highest BCUT2D eigenvalue weighted by molar-refractivity contribution is 5.78. The molecule has 2 aromatic rings. The monoisotopic (exact) mass is 359 g/mol. The van der Waals surface area contributed by atoms with Gasteiger partial charge in [-0.25, -0.2) is 9.18 Å². The molecule has 1 aromatic heterocycles. The number of aromatic amines is 1. The molecule has 138 valence electrons. The number of carbonyl (C=O) groups excluding carboxylic acids is 1. The second-order valence-corrected chi connectivity index (χ2v) is 6.86. The average Bonchev–Trinajstić information content (AvgIpc) is 3.04. The topological polar surface area (TPSA) is 84.0 Å². The van der Waals surface area contributed by atoms with Crippen LogP contribution in [-0.4, -0.2) is 21.5 Å². The summed E-state index contributed by atoms with van der Waals surface area (Å²) in [5, 5.41) is 3.02. The Labute approximate surface area is 150 Å².